The van der Waals surface area contributed by atoms with Crippen molar-refractivity contribution in [1.29, 1.82) is 0 Å². The molecular formula is C16H18N2O. The van der Waals surface area contributed by atoms with Crippen LogP contribution in [0, 0.1) is 0 Å². The summed E-state index contributed by atoms with van der Waals surface area (Å²) in [6, 6.07) is 18.1. The topological polar surface area (TPSA) is 38.5 Å². The van der Waals surface area contributed by atoms with Crippen molar-refractivity contribution >= 4 is 11.4 Å². The van der Waals surface area contributed by atoms with Crippen LogP contribution in [0.3, 0.4) is 0 Å². The van der Waals surface area contributed by atoms with Gasteiger partial charge in [0.25, 0.3) is 0 Å². The second kappa shape index (κ2) is 5.22. The van der Waals surface area contributed by atoms with E-state index >= 15 is 0 Å². The summed E-state index contributed by atoms with van der Waals surface area (Å²) in [5.41, 5.74) is 7.77. The van der Waals surface area contributed by atoms with Gasteiger partial charge in [-0.3, -0.25) is 0 Å². The van der Waals surface area contributed by atoms with Crippen molar-refractivity contribution in [2.75, 3.05) is 23.7 Å². The van der Waals surface area contributed by atoms with E-state index < -0.39 is 0 Å². The average molecular weight is 254 g/mol. The highest BCUT2D eigenvalue weighted by molar-refractivity contribution is 5.47. The maximum atomic E-state index is 5.99. The van der Waals surface area contributed by atoms with Crippen molar-refractivity contribution in [3.63, 3.8) is 0 Å². The van der Waals surface area contributed by atoms with Crippen LogP contribution in [0.4, 0.5) is 11.4 Å². The van der Waals surface area contributed by atoms with Crippen molar-refractivity contribution in [1.82, 2.24) is 0 Å². The number of hydrogen-bond acceptors (Lipinski definition) is 3. The Bertz CT molecular complexity index is 541. The summed E-state index contributed by atoms with van der Waals surface area (Å²) in [4.78, 5) is 2.36. The van der Waals surface area contributed by atoms with E-state index in [9.17, 15) is 0 Å². The first-order valence-electron chi connectivity index (χ1n) is 6.63. The van der Waals surface area contributed by atoms with Gasteiger partial charge in [-0.2, -0.15) is 0 Å². The number of hydrogen-bond donors (Lipinski definition) is 1. The highest BCUT2D eigenvalue weighted by Gasteiger charge is 2.24. The molecule has 0 radical (unpaired) electrons. The van der Waals surface area contributed by atoms with E-state index in [2.05, 4.69) is 29.2 Å². The van der Waals surface area contributed by atoms with Gasteiger partial charge < -0.3 is 15.4 Å². The third-order valence-corrected chi connectivity index (χ3v) is 3.43. The smallest absolute Gasteiger partial charge is 0.121 e. The van der Waals surface area contributed by atoms with Crippen molar-refractivity contribution in [2.24, 2.45) is 0 Å². The molecule has 0 aromatic heterocycles. The van der Waals surface area contributed by atoms with Gasteiger partial charge in [-0.1, -0.05) is 24.3 Å². The number of rotatable bonds is 3. The molecule has 0 bridgehead atoms. The lowest BCUT2D eigenvalue weighted by atomic mass is 10.3. The van der Waals surface area contributed by atoms with Crippen LogP contribution in [0.5, 0.6) is 5.75 Å². The monoisotopic (exact) mass is 254 g/mol. The van der Waals surface area contributed by atoms with Gasteiger partial charge in [0.05, 0.1) is 6.54 Å². The summed E-state index contributed by atoms with van der Waals surface area (Å²) in [5, 5.41) is 0. The molecule has 1 unspecified atom stereocenters. The average Bonchev–Trinajstić information content (AvgIpc) is 2.88. The molecule has 3 nitrogen and oxygen atoms in total. The molecule has 0 spiro atoms. The third-order valence-electron chi connectivity index (χ3n) is 3.43. The first-order chi connectivity index (χ1) is 9.31. The maximum Gasteiger partial charge on any atom is 0.121 e. The van der Waals surface area contributed by atoms with Crippen molar-refractivity contribution in [3.8, 4) is 5.75 Å². The SMILES string of the molecule is Nc1cccc(OC2CCN(c3ccccc3)C2)c1. The minimum atomic E-state index is 0.238. The van der Waals surface area contributed by atoms with Crippen LogP contribution in [0.1, 0.15) is 6.42 Å². The van der Waals surface area contributed by atoms with E-state index in [-0.39, 0.29) is 6.10 Å². The molecule has 1 fully saturated rings. The molecule has 1 aliphatic rings. The Hall–Kier alpha value is -2.16. The predicted octanol–water partition coefficient (Wildman–Crippen LogP) is 2.93. The maximum absolute atomic E-state index is 5.99. The van der Waals surface area contributed by atoms with Crippen molar-refractivity contribution in [3.05, 3.63) is 54.6 Å². The fourth-order valence-corrected chi connectivity index (χ4v) is 2.48. The van der Waals surface area contributed by atoms with Crippen LogP contribution in [-0.4, -0.2) is 19.2 Å². The number of anilines is 2. The van der Waals surface area contributed by atoms with E-state index in [0.29, 0.717) is 0 Å². The van der Waals surface area contributed by atoms with Gasteiger partial charge in [0, 0.05) is 30.4 Å². The van der Waals surface area contributed by atoms with Crippen LogP contribution in [0.15, 0.2) is 54.6 Å². The Balaban J connectivity index is 1.63. The van der Waals surface area contributed by atoms with Crippen molar-refractivity contribution < 1.29 is 4.74 Å². The molecule has 1 aliphatic heterocycles. The van der Waals surface area contributed by atoms with Crippen molar-refractivity contribution in [2.45, 2.75) is 12.5 Å². The van der Waals surface area contributed by atoms with Gasteiger partial charge in [0.1, 0.15) is 11.9 Å². The third kappa shape index (κ3) is 2.81. The number of benzene rings is 2. The minimum Gasteiger partial charge on any atom is -0.488 e. The number of nitrogens with zero attached hydrogens (tertiary/aromatic N) is 1. The zero-order valence-electron chi connectivity index (χ0n) is 10.8. The predicted molar refractivity (Wildman–Crippen MR) is 78.5 cm³/mol. The first-order valence-corrected chi connectivity index (χ1v) is 6.63. The summed E-state index contributed by atoms with van der Waals surface area (Å²) in [6.45, 7) is 1.97. The molecule has 2 aromatic rings. The lowest BCUT2D eigenvalue weighted by Gasteiger charge is -2.19. The molecule has 1 heterocycles. The fourth-order valence-electron chi connectivity index (χ4n) is 2.48. The molecule has 98 valence electrons. The normalized spacial score (nSPS) is 18.5. The molecule has 2 aromatic carbocycles. The molecule has 19 heavy (non-hydrogen) atoms. The molecule has 1 saturated heterocycles. The van der Waals surface area contributed by atoms with Crippen LogP contribution >= 0.6 is 0 Å². The summed E-state index contributed by atoms with van der Waals surface area (Å²) >= 11 is 0. The van der Waals surface area contributed by atoms with Crippen LogP contribution in [0.25, 0.3) is 0 Å². The Morgan fingerprint density at radius 1 is 1.05 bits per heavy atom. The van der Waals surface area contributed by atoms with Crippen LogP contribution in [0.2, 0.25) is 0 Å². The zero-order valence-corrected chi connectivity index (χ0v) is 10.8. The molecular weight excluding hydrogens is 236 g/mol. The van der Waals surface area contributed by atoms with E-state index in [4.69, 9.17) is 10.5 Å². The first kappa shape index (κ1) is 11.9. The molecule has 2 N–H and O–H groups in total. The van der Waals surface area contributed by atoms with E-state index in [0.717, 1.165) is 30.9 Å². The van der Waals surface area contributed by atoms with E-state index in [1.807, 2.05) is 30.3 Å². The van der Waals surface area contributed by atoms with Gasteiger partial charge in [0.15, 0.2) is 0 Å². The largest absolute Gasteiger partial charge is 0.488 e. The quantitative estimate of drug-likeness (QED) is 0.856. The fraction of sp³-hybridized carbons (Fsp3) is 0.250. The second-order valence-corrected chi connectivity index (χ2v) is 4.88. The zero-order chi connectivity index (χ0) is 13.1. The molecule has 1 atom stereocenters. The number of para-hydroxylation sites is 1. The second-order valence-electron chi connectivity index (χ2n) is 4.88. The Morgan fingerprint density at radius 2 is 1.89 bits per heavy atom. The standard InChI is InChI=1S/C16H18N2O/c17-13-5-4-8-15(11-13)19-16-9-10-18(12-16)14-6-2-1-3-7-14/h1-8,11,16H,9-10,12,17H2. The minimum absolute atomic E-state index is 0.238. The highest BCUT2D eigenvalue weighted by atomic mass is 16.5. The van der Waals surface area contributed by atoms with E-state index in [1.54, 1.807) is 0 Å². The number of nitrogen functional groups attached to an aromatic ring is 1. The Kier molecular flexibility index (Phi) is 3.27. The molecule has 3 heteroatoms. The summed E-state index contributed by atoms with van der Waals surface area (Å²) in [6.07, 6.45) is 1.28. The van der Waals surface area contributed by atoms with Crippen LogP contribution in [-0.2, 0) is 0 Å². The molecule has 0 saturated carbocycles. The van der Waals surface area contributed by atoms with Gasteiger partial charge in [-0.05, 0) is 24.3 Å². The Labute approximate surface area is 113 Å². The molecule has 0 amide bonds. The van der Waals surface area contributed by atoms with Gasteiger partial charge >= 0.3 is 0 Å². The summed E-state index contributed by atoms with van der Waals surface area (Å²) < 4.78 is 5.99. The molecule has 3 rings (SSSR count). The van der Waals surface area contributed by atoms with Crippen LogP contribution < -0.4 is 15.4 Å². The summed E-state index contributed by atoms with van der Waals surface area (Å²) in [7, 11) is 0. The highest BCUT2D eigenvalue weighted by Crippen LogP contribution is 2.24. The molecule has 0 aliphatic carbocycles. The van der Waals surface area contributed by atoms with Gasteiger partial charge in [0.2, 0.25) is 0 Å². The lowest BCUT2D eigenvalue weighted by molar-refractivity contribution is 0.225. The number of nitrogens with two attached hydrogens (primary N) is 1. The summed E-state index contributed by atoms with van der Waals surface area (Å²) in [5.74, 6) is 0.861. The van der Waals surface area contributed by atoms with Gasteiger partial charge in [-0.15, -0.1) is 0 Å². The number of ether oxygens (including phenoxy) is 1. The lowest BCUT2D eigenvalue weighted by Crippen LogP contribution is -2.24. The van der Waals surface area contributed by atoms with E-state index in [1.165, 1.54) is 5.69 Å². The van der Waals surface area contributed by atoms with Gasteiger partial charge in [-0.25, -0.2) is 0 Å². The Morgan fingerprint density at radius 3 is 2.68 bits per heavy atom.